The van der Waals surface area contributed by atoms with Gasteiger partial charge in [0.2, 0.25) is 0 Å². The van der Waals surface area contributed by atoms with Crippen molar-refractivity contribution < 1.29 is 17.8 Å². The fourth-order valence-electron chi connectivity index (χ4n) is 1.64. The molecule has 19 heavy (non-hydrogen) atoms. The van der Waals surface area contributed by atoms with Crippen molar-refractivity contribution in [3.63, 3.8) is 0 Å². The highest BCUT2D eigenvalue weighted by atomic mass is 35.5. The lowest BCUT2D eigenvalue weighted by atomic mass is 10.0. The first-order valence-electron chi connectivity index (χ1n) is 5.21. The second kappa shape index (κ2) is 4.84. The van der Waals surface area contributed by atoms with Crippen LogP contribution in [0.3, 0.4) is 0 Å². The Morgan fingerprint density at radius 3 is 2.53 bits per heavy atom. The van der Waals surface area contributed by atoms with Crippen LogP contribution in [0.15, 0.2) is 44.6 Å². The quantitative estimate of drug-likeness (QED) is 0.867. The van der Waals surface area contributed by atoms with Gasteiger partial charge in [0.1, 0.15) is 0 Å². The Morgan fingerprint density at radius 2 is 2.00 bits per heavy atom. The van der Waals surface area contributed by atoms with Gasteiger partial charge >= 0.3 is 0 Å². The molecule has 1 aliphatic rings. The van der Waals surface area contributed by atoms with Crippen LogP contribution in [0.2, 0.25) is 5.02 Å². The van der Waals surface area contributed by atoms with Gasteiger partial charge in [0.25, 0.3) is 16.0 Å². The zero-order valence-corrected chi connectivity index (χ0v) is 11.4. The minimum Gasteiger partial charge on any atom is -0.282 e. The molecule has 0 saturated carbocycles. The molecule has 8 heteroatoms. The van der Waals surface area contributed by atoms with Crippen molar-refractivity contribution in [1.82, 2.24) is 0 Å². The van der Waals surface area contributed by atoms with E-state index in [1.807, 2.05) is 0 Å². The number of halogens is 1. The number of carbonyl (C=O) groups excluding carboxylic acids is 1. The fourth-order valence-corrected chi connectivity index (χ4v) is 2.35. The van der Waals surface area contributed by atoms with E-state index in [0.717, 1.165) is 0 Å². The van der Waals surface area contributed by atoms with Crippen LogP contribution in [-0.2, 0) is 21.3 Å². The molecule has 0 aromatic heterocycles. The van der Waals surface area contributed by atoms with Gasteiger partial charge in [0.15, 0.2) is 0 Å². The Labute approximate surface area is 114 Å². The molecule has 6 nitrogen and oxygen atoms in total. The third-order valence-electron chi connectivity index (χ3n) is 2.67. The molecule has 0 bridgehead atoms. The average molecular weight is 301 g/mol. The van der Waals surface area contributed by atoms with E-state index in [0.29, 0.717) is 21.9 Å². The molecule has 1 aromatic carbocycles. The Bertz CT molecular complexity index is 722. The largest absolute Gasteiger partial charge is 0.294 e. The summed E-state index contributed by atoms with van der Waals surface area (Å²) in [5.74, 6) is -0.467. The van der Waals surface area contributed by atoms with Crippen molar-refractivity contribution in [3.8, 4) is 0 Å². The molecule has 0 fully saturated rings. The first kappa shape index (κ1) is 13.9. The number of amides is 1. The van der Waals surface area contributed by atoms with E-state index < -0.39 is 16.0 Å². The molecule has 0 unspecified atom stereocenters. The minimum absolute atomic E-state index is 0.111. The molecule has 0 aliphatic carbocycles. The second-order valence-electron chi connectivity index (χ2n) is 3.97. The van der Waals surface area contributed by atoms with Gasteiger partial charge in [-0.3, -0.25) is 9.35 Å². The summed E-state index contributed by atoms with van der Waals surface area (Å²) in [5.41, 5.74) is 1.24. The van der Waals surface area contributed by atoms with Crippen LogP contribution < -0.4 is 0 Å². The second-order valence-corrected chi connectivity index (χ2v) is 5.80. The molecule has 1 amide bonds. The summed E-state index contributed by atoms with van der Waals surface area (Å²) in [5, 5.41) is 7.34. The van der Waals surface area contributed by atoms with E-state index in [1.54, 1.807) is 6.92 Å². The van der Waals surface area contributed by atoms with Gasteiger partial charge in [-0.25, -0.2) is 0 Å². The molecule has 100 valence electrons. The van der Waals surface area contributed by atoms with Gasteiger partial charge in [0.05, 0.1) is 10.6 Å². The van der Waals surface area contributed by atoms with Crippen LogP contribution in [-0.4, -0.2) is 18.9 Å². The van der Waals surface area contributed by atoms with Crippen LogP contribution in [0.25, 0.3) is 0 Å². The zero-order chi connectivity index (χ0) is 14.2. The number of allylic oxidation sites excluding steroid dienone is 1. The van der Waals surface area contributed by atoms with E-state index in [4.69, 9.17) is 16.2 Å². The maximum absolute atomic E-state index is 11.5. The lowest BCUT2D eigenvalue weighted by molar-refractivity contribution is -0.114. The smallest absolute Gasteiger partial charge is 0.282 e. The maximum atomic E-state index is 11.5. The van der Waals surface area contributed by atoms with Gasteiger partial charge in [-0.1, -0.05) is 11.6 Å². The van der Waals surface area contributed by atoms with Crippen molar-refractivity contribution in [2.75, 3.05) is 0 Å². The number of nitrogens with zero attached hydrogens (tertiary/aromatic N) is 2. The summed E-state index contributed by atoms with van der Waals surface area (Å²) >= 11 is 5.95. The summed E-state index contributed by atoms with van der Waals surface area (Å²) in [6, 6.07) is 3.76. The van der Waals surface area contributed by atoms with Gasteiger partial charge in [0, 0.05) is 17.0 Å². The Balaban J connectivity index is 2.42. The number of hydrogen-bond donors (Lipinski definition) is 1. The Morgan fingerprint density at radius 1 is 1.32 bits per heavy atom. The van der Waals surface area contributed by atoms with E-state index in [9.17, 15) is 13.2 Å². The van der Waals surface area contributed by atoms with E-state index >= 15 is 0 Å². The summed E-state index contributed by atoms with van der Waals surface area (Å²) in [6.45, 7) is 1.63. The Hall–Kier alpha value is -1.57. The standard InChI is InChI=1S/C11H9ClN2O4S/c1-6-9(11(15)14-13-6)5-7-4-8(19(16,17)18)2-3-10(7)12/h2-4H,5H2,1H3,(H,16,17,18). The average Bonchev–Trinajstić information content (AvgIpc) is 2.62. The lowest BCUT2D eigenvalue weighted by Gasteiger charge is -2.06. The minimum atomic E-state index is -4.31. The molecular weight excluding hydrogens is 292 g/mol. The van der Waals surface area contributed by atoms with Crippen molar-refractivity contribution in [2.24, 2.45) is 10.2 Å². The highest BCUT2D eigenvalue weighted by Gasteiger charge is 2.21. The van der Waals surface area contributed by atoms with Gasteiger partial charge in [-0.05, 0) is 30.7 Å². The van der Waals surface area contributed by atoms with Crippen LogP contribution in [0.4, 0.5) is 0 Å². The van der Waals surface area contributed by atoms with E-state index in [2.05, 4.69) is 10.2 Å². The molecule has 1 aromatic rings. The Kier molecular flexibility index (Phi) is 3.53. The third kappa shape index (κ3) is 2.89. The van der Waals surface area contributed by atoms with Crippen molar-refractivity contribution in [3.05, 3.63) is 40.1 Å². The maximum Gasteiger partial charge on any atom is 0.294 e. The summed E-state index contributed by atoms with van der Waals surface area (Å²) in [7, 11) is -4.31. The molecule has 0 atom stereocenters. The topological polar surface area (TPSA) is 96.2 Å². The number of benzene rings is 1. The van der Waals surface area contributed by atoms with Gasteiger partial charge in [-0.15, -0.1) is 5.11 Å². The lowest BCUT2D eigenvalue weighted by Crippen LogP contribution is -2.03. The van der Waals surface area contributed by atoms with Crippen LogP contribution >= 0.6 is 11.6 Å². The molecule has 1 N–H and O–H groups in total. The molecule has 1 heterocycles. The highest BCUT2D eigenvalue weighted by molar-refractivity contribution is 7.85. The number of hydrogen-bond acceptors (Lipinski definition) is 4. The van der Waals surface area contributed by atoms with Crippen molar-refractivity contribution >= 4 is 27.6 Å². The monoisotopic (exact) mass is 300 g/mol. The normalized spacial score (nSPS) is 15.4. The highest BCUT2D eigenvalue weighted by Crippen LogP contribution is 2.26. The molecular formula is C11H9ClN2O4S. The number of azo groups is 1. The third-order valence-corrected chi connectivity index (χ3v) is 3.89. The van der Waals surface area contributed by atoms with Gasteiger partial charge in [-0.2, -0.15) is 13.5 Å². The predicted molar refractivity (Wildman–Crippen MR) is 67.5 cm³/mol. The molecule has 2 rings (SSSR count). The first-order chi connectivity index (χ1) is 8.79. The first-order valence-corrected chi connectivity index (χ1v) is 7.02. The number of rotatable bonds is 3. The van der Waals surface area contributed by atoms with Gasteiger partial charge < -0.3 is 0 Å². The molecule has 0 radical (unpaired) electrons. The van der Waals surface area contributed by atoms with Crippen molar-refractivity contribution in [1.29, 1.82) is 0 Å². The van der Waals surface area contributed by atoms with Crippen LogP contribution in [0, 0.1) is 0 Å². The summed E-state index contributed by atoms with van der Waals surface area (Å²) in [4.78, 5) is 11.2. The predicted octanol–water partition coefficient (Wildman–Crippen LogP) is 2.40. The van der Waals surface area contributed by atoms with E-state index in [1.165, 1.54) is 18.2 Å². The number of carbonyl (C=O) groups is 1. The van der Waals surface area contributed by atoms with Crippen LogP contribution in [0.1, 0.15) is 12.5 Å². The zero-order valence-electron chi connectivity index (χ0n) is 9.79. The molecule has 0 saturated heterocycles. The van der Waals surface area contributed by atoms with Crippen LogP contribution in [0.5, 0.6) is 0 Å². The SMILES string of the molecule is CC1=C(Cc2cc(S(=O)(=O)O)ccc2Cl)C(=O)N=N1. The van der Waals surface area contributed by atoms with E-state index in [-0.39, 0.29) is 11.3 Å². The molecule has 0 spiro atoms. The fraction of sp³-hybridized carbons (Fsp3) is 0.182. The molecule has 1 aliphatic heterocycles. The summed E-state index contributed by atoms with van der Waals surface area (Å²) < 4.78 is 31.1. The summed E-state index contributed by atoms with van der Waals surface area (Å²) in [6.07, 6.45) is 0.111. The van der Waals surface area contributed by atoms with Crippen molar-refractivity contribution in [2.45, 2.75) is 18.2 Å².